The number of carbonyl (C=O) groups excluding carboxylic acids is 1. The first-order chi connectivity index (χ1) is 14.3. The number of anilines is 2. The fourth-order valence-electron chi connectivity index (χ4n) is 4.08. The van der Waals surface area contributed by atoms with Crippen LogP contribution >= 0.6 is 0 Å². The quantitative estimate of drug-likeness (QED) is 0.541. The van der Waals surface area contributed by atoms with Crippen LogP contribution in [-0.4, -0.2) is 64.9 Å². The molecule has 1 aromatic heterocycles. The molecule has 2 aliphatic rings. The molecule has 2 saturated heterocycles. The minimum absolute atomic E-state index is 0.0891. The third-order valence-corrected chi connectivity index (χ3v) is 5.81. The SMILES string of the molecule is O=C(C[NH+]1CCN(c2cccc[nH+]2)CC1)Nc1ccc(C[NH+]2CCOCC2)cc1. The highest BCUT2D eigenvalue weighted by molar-refractivity contribution is 5.91. The van der Waals surface area contributed by atoms with Crippen molar-refractivity contribution in [3.63, 3.8) is 0 Å². The van der Waals surface area contributed by atoms with Gasteiger partial charge in [0.15, 0.2) is 6.54 Å². The van der Waals surface area contributed by atoms with Gasteiger partial charge in [0.05, 0.1) is 19.4 Å². The Morgan fingerprint density at radius 2 is 1.76 bits per heavy atom. The van der Waals surface area contributed by atoms with Crippen LogP contribution in [0.5, 0.6) is 0 Å². The van der Waals surface area contributed by atoms with Gasteiger partial charge in [0.25, 0.3) is 11.7 Å². The zero-order valence-corrected chi connectivity index (χ0v) is 17.0. The van der Waals surface area contributed by atoms with Gasteiger partial charge in [-0.1, -0.05) is 18.2 Å². The molecule has 7 nitrogen and oxygen atoms in total. The van der Waals surface area contributed by atoms with Gasteiger partial charge in [-0.2, -0.15) is 0 Å². The molecule has 0 saturated carbocycles. The molecule has 2 fully saturated rings. The van der Waals surface area contributed by atoms with E-state index in [-0.39, 0.29) is 5.91 Å². The Kier molecular flexibility index (Phi) is 6.71. The summed E-state index contributed by atoms with van der Waals surface area (Å²) in [6.07, 6.45) is 1.95. The molecule has 1 aromatic carbocycles. The number of aromatic nitrogens is 1. The second-order valence-electron chi connectivity index (χ2n) is 7.95. The Labute approximate surface area is 172 Å². The van der Waals surface area contributed by atoms with Crippen LogP contribution in [0, 0.1) is 0 Å². The Balaban J connectivity index is 1.20. The highest BCUT2D eigenvalue weighted by Crippen LogP contribution is 2.09. The average molecular weight is 399 g/mol. The van der Waals surface area contributed by atoms with Crippen LogP contribution in [0.1, 0.15) is 5.56 Å². The summed E-state index contributed by atoms with van der Waals surface area (Å²) < 4.78 is 5.42. The number of ether oxygens (including phenoxy) is 1. The summed E-state index contributed by atoms with van der Waals surface area (Å²) in [5.41, 5.74) is 2.19. The lowest BCUT2D eigenvalue weighted by atomic mass is 10.2. The number of hydrogen-bond donors (Lipinski definition) is 3. The summed E-state index contributed by atoms with van der Waals surface area (Å²) in [7, 11) is 0. The second-order valence-corrected chi connectivity index (χ2v) is 7.95. The molecular formula is C22H32N5O2+3. The average Bonchev–Trinajstić information content (AvgIpc) is 2.77. The Morgan fingerprint density at radius 3 is 2.45 bits per heavy atom. The van der Waals surface area contributed by atoms with E-state index in [1.54, 1.807) is 4.90 Å². The molecule has 2 aliphatic heterocycles. The van der Waals surface area contributed by atoms with Crippen molar-refractivity contribution in [3.8, 4) is 0 Å². The standard InChI is InChI=1S/C22H29N5O2/c28-22(18-25-9-11-27(12-10-25)21-3-1-2-8-23-21)24-20-6-4-19(5-7-20)17-26-13-15-29-16-14-26/h1-8H,9-18H2,(H,24,28)/p+3. The number of nitrogens with zero attached hydrogens (tertiary/aromatic N) is 1. The van der Waals surface area contributed by atoms with Crippen molar-refractivity contribution in [2.24, 2.45) is 0 Å². The minimum atomic E-state index is 0.0891. The normalized spacial score (nSPS) is 18.6. The number of aromatic amines is 1. The maximum atomic E-state index is 12.5. The number of carbonyl (C=O) groups is 1. The maximum Gasteiger partial charge on any atom is 0.279 e. The molecule has 0 atom stereocenters. The number of benzene rings is 1. The third kappa shape index (κ3) is 5.76. The first-order valence-electron chi connectivity index (χ1n) is 10.6. The number of H-pyrrole nitrogens is 1. The number of amides is 1. The van der Waals surface area contributed by atoms with Gasteiger partial charge >= 0.3 is 0 Å². The van der Waals surface area contributed by atoms with Crippen molar-refractivity contribution >= 4 is 17.4 Å². The van der Waals surface area contributed by atoms with Crippen molar-refractivity contribution in [3.05, 3.63) is 54.2 Å². The molecule has 4 N–H and O–H groups in total. The summed E-state index contributed by atoms with van der Waals surface area (Å²) in [6.45, 7) is 9.23. The van der Waals surface area contributed by atoms with Crippen molar-refractivity contribution in [1.82, 2.24) is 0 Å². The number of rotatable bonds is 6. The topological polar surface area (TPSA) is 64.6 Å². The van der Waals surface area contributed by atoms with Crippen LogP contribution in [-0.2, 0) is 16.1 Å². The van der Waals surface area contributed by atoms with Crippen LogP contribution in [0.3, 0.4) is 0 Å². The van der Waals surface area contributed by atoms with Crippen molar-refractivity contribution < 1.29 is 24.3 Å². The summed E-state index contributed by atoms with van der Waals surface area (Å²) in [5, 5.41) is 3.06. The largest absolute Gasteiger partial charge is 0.370 e. The predicted octanol–water partition coefficient (Wildman–Crippen LogP) is -1.74. The van der Waals surface area contributed by atoms with Gasteiger partial charge < -0.3 is 19.9 Å². The third-order valence-electron chi connectivity index (χ3n) is 5.81. The molecule has 1 amide bonds. The van der Waals surface area contributed by atoms with Crippen LogP contribution in [0.4, 0.5) is 11.5 Å². The van der Waals surface area contributed by atoms with Crippen molar-refractivity contribution in [2.75, 3.05) is 69.2 Å². The van der Waals surface area contributed by atoms with E-state index in [1.807, 2.05) is 30.5 Å². The molecule has 2 aromatic rings. The van der Waals surface area contributed by atoms with Gasteiger partial charge in [-0.25, -0.2) is 4.98 Å². The lowest BCUT2D eigenvalue weighted by Gasteiger charge is -2.27. The van der Waals surface area contributed by atoms with Gasteiger partial charge in [0.1, 0.15) is 45.8 Å². The van der Waals surface area contributed by atoms with Crippen molar-refractivity contribution in [2.45, 2.75) is 6.54 Å². The molecule has 3 heterocycles. The van der Waals surface area contributed by atoms with E-state index >= 15 is 0 Å². The van der Waals surface area contributed by atoms with Crippen LogP contribution < -0.4 is 25.0 Å². The smallest absolute Gasteiger partial charge is 0.279 e. The molecule has 0 spiro atoms. The summed E-state index contributed by atoms with van der Waals surface area (Å²) in [4.78, 5) is 21.0. The Hall–Kier alpha value is -2.48. The summed E-state index contributed by atoms with van der Waals surface area (Å²) in [5.74, 6) is 1.24. The second kappa shape index (κ2) is 9.82. The van der Waals surface area contributed by atoms with E-state index in [0.717, 1.165) is 70.5 Å². The molecule has 4 rings (SSSR count). The Morgan fingerprint density at radius 1 is 1.00 bits per heavy atom. The zero-order valence-electron chi connectivity index (χ0n) is 17.0. The zero-order chi connectivity index (χ0) is 19.9. The van der Waals surface area contributed by atoms with Crippen LogP contribution in [0.2, 0.25) is 0 Å². The van der Waals surface area contributed by atoms with E-state index in [4.69, 9.17) is 4.74 Å². The van der Waals surface area contributed by atoms with E-state index in [0.29, 0.717) is 6.54 Å². The molecule has 0 bridgehead atoms. The predicted molar refractivity (Wildman–Crippen MR) is 111 cm³/mol. The lowest BCUT2D eigenvalue weighted by Crippen LogP contribution is -3.15. The Bertz CT molecular complexity index is 770. The van der Waals surface area contributed by atoms with E-state index < -0.39 is 0 Å². The highest BCUT2D eigenvalue weighted by atomic mass is 16.5. The molecule has 29 heavy (non-hydrogen) atoms. The number of piperazine rings is 1. The molecular weight excluding hydrogens is 366 g/mol. The van der Waals surface area contributed by atoms with Gasteiger partial charge in [0, 0.05) is 17.3 Å². The van der Waals surface area contributed by atoms with E-state index in [1.165, 1.54) is 10.5 Å². The molecule has 0 unspecified atom stereocenters. The van der Waals surface area contributed by atoms with Gasteiger partial charge in [-0.05, 0) is 18.2 Å². The molecule has 0 aliphatic carbocycles. The molecule has 7 heteroatoms. The maximum absolute atomic E-state index is 12.5. The first-order valence-corrected chi connectivity index (χ1v) is 10.6. The number of nitrogens with one attached hydrogen (secondary N) is 4. The van der Waals surface area contributed by atoms with Crippen LogP contribution in [0.25, 0.3) is 0 Å². The van der Waals surface area contributed by atoms with E-state index in [9.17, 15) is 4.79 Å². The lowest BCUT2D eigenvalue weighted by molar-refractivity contribution is -0.921. The molecule has 0 radical (unpaired) electrons. The number of morpholine rings is 1. The fourth-order valence-corrected chi connectivity index (χ4v) is 4.08. The monoisotopic (exact) mass is 398 g/mol. The number of quaternary nitrogens is 2. The molecule has 154 valence electrons. The highest BCUT2D eigenvalue weighted by Gasteiger charge is 2.27. The van der Waals surface area contributed by atoms with Gasteiger partial charge in [-0.3, -0.25) is 9.69 Å². The fraction of sp³-hybridized carbons (Fsp3) is 0.455. The minimum Gasteiger partial charge on any atom is -0.370 e. The van der Waals surface area contributed by atoms with Crippen molar-refractivity contribution in [1.29, 1.82) is 0 Å². The van der Waals surface area contributed by atoms with Gasteiger partial charge in [-0.15, -0.1) is 0 Å². The van der Waals surface area contributed by atoms with Crippen LogP contribution in [0.15, 0.2) is 48.7 Å². The first kappa shape index (κ1) is 19.8. The number of pyridine rings is 1. The summed E-state index contributed by atoms with van der Waals surface area (Å²) in [6, 6.07) is 14.4. The van der Waals surface area contributed by atoms with E-state index in [2.05, 4.69) is 33.4 Å². The summed E-state index contributed by atoms with van der Waals surface area (Å²) >= 11 is 0. The van der Waals surface area contributed by atoms with Gasteiger partial charge in [0.2, 0.25) is 0 Å². The number of hydrogen-bond acceptors (Lipinski definition) is 3.